The fraction of sp³-hybridized carbons (Fsp3) is 0.136. The molecule has 0 bridgehead atoms. The summed E-state index contributed by atoms with van der Waals surface area (Å²) in [6.07, 6.45) is 0. The van der Waals surface area contributed by atoms with Gasteiger partial charge in [0.1, 0.15) is 11.2 Å². The Hall–Kier alpha value is -3.16. The molecule has 2 aromatic heterocycles. The second kappa shape index (κ2) is 7.93. The number of halogens is 1. The lowest BCUT2D eigenvalue weighted by Crippen LogP contribution is -2.40. The minimum Gasteiger partial charge on any atom is -0.324 e. The molecule has 2 aromatic carbocycles. The fourth-order valence-electron chi connectivity index (χ4n) is 3.32. The lowest BCUT2D eigenvalue weighted by molar-refractivity contribution is -0.116. The molecule has 0 saturated carbocycles. The molecule has 1 amide bonds. The van der Waals surface area contributed by atoms with Crippen LogP contribution in [0.3, 0.4) is 0 Å². The van der Waals surface area contributed by atoms with E-state index in [9.17, 15) is 14.4 Å². The predicted octanol–water partition coefficient (Wildman–Crippen LogP) is 4.12. The number of hydrogen-bond acceptors (Lipinski definition) is 4. The van der Waals surface area contributed by atoms with Crippen LogP contribution in [0.5, 0.6) is 0 Å². The number of anilines is 1. The summed E-state index contributed by atoms with van der Waals surface area (Å²) in [4.78, 5) is 39.1. The van der Waals surface area contributed by atoms with Crippen molar-refractivity contribution in [2.45, 2.75) is 20.4 Å². The number of benzene rings is 2. The number of thiophene rings is 1. The average molecular weight is 440 g/mol. The van der Waals surface area contributed by atoms with Crippen molar-refractivity contribution in [3.8, 4) is 5.69 Å². The molecule has 1 N–H and O–H groups in total. The molecular weight excluding hydrogens is 422 g/mol. The third-order valence-corrected chi connectivity index (χ3v) is 5.90. The Kier molecular flexibility index (Phi) is 5.32. The quantitative estimate of drug-likeness (QED) is 0.519. The summed E-state index contributed by atoms with van der Waals surface area (Å²) in [5.41, 5.74) is 2.28. The Morgan fingerprint density at radius 1 is 1.10 bits per heavy atom. The first kappa shape index (κ1) is 20.1. The first-order valence-electron chi connectivity index (χ1n) is 9.21. The van der Waals surface area contributed by atoms with Crippen molar-refractivity contribution >= 4 is 44.7 Å². The Balaban J connectivity index is 1.83. The molecule has 30 heavy (non-hydrogen) atoms. The van der Waals surface area contributed by atoms with E-state index < -0.39 is 11.6 Å². The van der Waals surface area contributed by atoms with E-state index in [1.165, 1.54) is 15.9 Å². The highest BCUT2D eigenvalue weighted by atomic mass is 35.5. The number of nitrogens with zero attached hydrogens (tertiary/aromatic N) is 2. The smallest absolute Gasteiger partial charge is 0.324 e. The SMILES string of the molecule is Cc1ccc(C)c(-n2c(=O)c3sccc3n(CC(=O)Nc3cccc(Cl)c3)c2=O)c1. The lowest BCUT2D eigenvalue weighted by atomic mass is 10.1. The van der Waals surface area contributed by atoms with Crippen molar-refractivity contribution in [3.63, 3.8) is 0 Å². The van der Waals surface area contributed by atoms with Gasteiger partial charge in [-0.1, -0.05) is 29.8 Å². The van der Waals surface area contributed by atoms with E-state index in [1.54, 1.807) is 41.8 Å². The second-order valence-corrected chi connectivity index (χ2v) is 8.35. The van der Waals surface area contributed by atoms with Crippen molar-refractivity contribution < 1.29 is 4.79 Å². The van der Waals surface area contributed by atoms with E-state index in [0.29, 0.717) is 26.6 Å². The summed E-state index contributed by atoms with van der Waals surface area (Å²) < 4.78 is 2.90. The number of amides is 1. The standard InChI is InChI=1S/C22H18ClN3O3S/c1-13-6-7-14(2)18(10-13)26-21(28)20-17(8-9-30-20)25(22(26)29)12-19(27)24-16-5-3-4-15(23)11-16/h3-11H,12H2,1-2H3,(H,24,27). The van der Waals surface area contributed by atoms with E-state index in [2.05, 4.69) is 5.32 Å². The van der Waals surface area contributed by atoms with Gasteiger partial charge in [-0.2, -0.15) is 0 Å². The first-order chi connectivity index (χ1) is 14.3. The number of hydrogen-bond donors (Lipinski definition) is 1. The minimum atomic E-state index is -0.555. The number of rotatable bonds is 4. The molecule has 4 aromatic rings. The van der Waals surface area contributed by atoms with Crippen LogP contribution in [0.1, 0.15) is 11.1 Å². The molecule has 0 saturated heterocycles. The number of aryl methyl sites for hydroxylation is 2. The molecule has 8 heteroatoms. The van der Waals surface area contributed by atoms with E-state index in [1.807, 2.05) is 26.0 Å². The van der Waals surface area contributed by atoms with Crippen LogP contribution in [0.15, 0.2) is 63.5 Å². The highest BCUT2D eigenvalue weighted by molar-refractivity contribution is 7.17. The van der Waals surface area contributed by atoms with Crippen LogP contribution >= 0.6 is 22.9 Å². The van der Waals surface area contributed by atoms with Crippen molar-refractivity contribution in [3.05, 3.63) is 90.9 Å². The van der Waals surface area contributed by atoms with Gasteiger partial charge < -0.3 is 5.32 Å². The Labute approximate surface area is 181 Å². The molecule has 0 spiro atoms. The van der Waals surface area contributed by atoms with Crippen molar-refractivity contribution in [2.24, 2.45) is 0 Å². The van der Waals surface area contributed by atoms with Gasteiger partial charge in [0, 0.05) is 10.7 Å². The summed E-state index contributed by atoms with van der Waals surface area (Å²) in [7, 11) is 0. The zero-order valence-electron chi connectivity index (χ0n) is 16.3. The lowest BCUT2D eigenvalue weighted by Gasteiger charge is -2.14. The van der Waals surface area contributed by atoms with E-state index >= 15 is 0 Å². The molecule has 0 radical (unpaired) electrons. The van der Waals surface area contributed by atoms with Gasteiger partial charge in [-0.3, -0.25) is 14.2 Å². The van der Waals surface area contributed by atoms with Crippen LogP contribution in [0.4, 0.5) is 5.69 Å². The maximum absolute atomic E-state index is 13.3. The summed E-state index contributed by atoms with van der Waals surface area (Å²) in [6, 6.07) is 14.0. The highest BCUT2D eigenvalue weighted by Crippen LogP contribution is 2.19. The van der Waals surface area contributed by atoms with Crippen LogP contribution in [0, 0.1) is 13.8 Å². The molecular formula is C22H18ClN3O3S. The van der Waals surface area contributed by atoms with Gasteiger partial charge in [-0.25, -0.2) is 9.36 Å². The molecule has 0 fully saturated rings. The number of aromatic nitrogens is 2. The molecule has 6 nitrogen and oxygen atoms in total. The van der Waals surface area contributed by atoms with E-state index in [-0.39, 0.29) is 12.1 Å². The van der Waals surface area contributed by atoms with Gasteiger partial charge in [0.2, 0.25) is 5.91 Å². The van der Waals surface area contributed by atoms with Gasteiger partial charge in [0.15, 0.2) is 0 Å². The Morgan fingerprint density at radius 2 is 1.90 bits per heavy atom. The largest absolute Gasteiger partial charge is 0.336 e. The van der Waals surface area contributed by atoms with Gasteiger partial charge in [0.05, 0.1) is 11.2 Å². The Bertz CT molecular complexity index is 1400. The highest BCUT2D eigenvalue weighted by Gasteiger charge is 2.18. The molecule has 0 aliphatic heterocycles. The monoisotopic (exact) mass is 439 g/mol. The maximum atomic E-state index is 13.3. The average Bonchev–Trinajstić information content (AvgIpc) is 3.18. The van der Waals surface area contributed by atoms with Crippen molar-refractivity contribution in [1.82, 2.24) is 9.13 Å². The van der Waals surface area contributed by atoms with Crippen LogP contribution < -0.4 is 16.6 Å². The minimum absolute atomic E-state index is 0.232. The fourth-order valence-corrected chi connectivity index (χ4v) is 4.34. The molecule has 152 valence electrons. The van der Waals surface area contributed by atoms with E-state index in [0.717, 1.165) is 15.7 Å². The Morgan fingerprint density at radius 3 is 2.67 bits per heavy atom. The van der Waals surface area contributed by atoms with Gasteiger partial charge in [0.25, 0.3) is 5.56 Å². The molecule has 0 unspecified atom stereocenters. The van der Waals surface area contributed by atoms with Gasteiger partial charge in [-0.15, -0.1) is 11.3 Å². The van der Waals surface area contributed by atoms with Crippen LogP contribution in [0.25, 0.3) is 15.9 Å². The van der Waals surface area contributed by atoms with E-state index in [4.69, 9.17) is 11.6 Å². The number of nitrogens with one attached hydrogen (secondary N) is 1. The second-order valence-electron chi connectivity index (χ2n) is 6.99. The zero-order valence-corrected chi connectivity index (χ0v) is 17.9. The molecule has 4 rings (SSSR count). The first-order valence-corrected chi connectivity index (χ1v) is 10.5. The molecule has 0 atom stereocenters. The van der Waals surface area contributed by atoms with Crippen LogP contribution in [0.2, 0.25) is 5.02 Å². The summed E-state index contributed by atoms with van der Waals surface area (Å²) in [5.74, 6) is -0.391. The van der Waals surface area contributed by atoms with Gasteiger partial charge in [-0.05, 0) is 60.7 Å². The number of carbonyl (C=O) groups excluding carboxylic acids is 1. The molecule has 2 heterocycles. The molecule has 0 aliphatic rings. The third-order valence-electron chi connectivity index (χ3n) is 4.77. The number of carbonyl (C=O) groups is 1. The number of fused-ring (bicyclic) bond motifs is 1. The maximum Gasteiger partial charge on any atom is 0.336 e. The summed E-state index contributed by atoms with van der Waals surface area (Å²) >= 11 is 7.21. The predicted molar refractivity (Wildman–Crippen MR) is 121 cm³/mol. The topological polar surface area (TPSA) is 73.1 Å². The molecule has 0 aliphatic carbocycles. The van der Waals surface area contributed by atoms with Crippen molar-refractivity contribution in [2.75, 3.05) is 5.32 Å². The zero-order chi connectivity index (χ0) is 21.4. The van der Waals surface area contributed by atoms with Crippen molar-refractivity contribution in [1.29, 1.82) is 0 Å². The normalized spacial score (nSPS) is 11.0. The summed E-state index contributed by atoms with van der Waals surface area (Å²) in [5, 5.41) is 4.98. The van der Waals surface area contributed by atoms with Gasteiger partial charge >= 0.3 is 5.69 Å². The third kappa shape index (κ3) is 3.69. The van der Waals surface area contributed by atoms with Crippen LogP contribution in [-0.2, 0) is 11.3 Å². The summed E-state index contributed by atoms with van der Waals surface area (Å²) in [6.45, 7) is 3.51. The van der Waals surface area contributed by atoms with Crippen LogP contribution in [-0.4, -0.2) is 15.0 Å².